The standard InChI is InChI=1S/C11H20N2O4/c1-2-3-4-8(12)10(15)13-6-7(14)5-9(13)11(16)17/h7-9,14H,2-6,12H2,1H3,(H,16,17)/t7-,8?,9-/m0/s1. The molecule has 1 aliphatic rings. The number of unbranched alkanes of at least 4 members (excludes halogenated alkanes) is 1. The van der Waals surface area contributed by atoms with E-state index in [1.807, 2.05) is 6.92 Å². The lowest BCUT2D eigenvalue weighted by Crippen LogP contribution is -2.48. The number of hydrogen-bond donors (Lipinski definition) is 3. The Labute approximate surface area is 100 Å². The Kier molecular flexibility index (Phi) is 4.89. The van der Waals surface area contributed by atoms with Crippen molar-refractivity contribution in [1.29, 1.82) is 0 Å². The smallest absolute Gasteiger partial charge is 0.326 e. The highest BCUT2D eigenvalue weighted by molar-refractivity contribution is 5.87. The van der Waals surface area contributed by atoms with Crippen LogP contribution < -0.4 is 5.73 Å². The lowest BCUT2D eigenvalue weighted by atomic mass is 10.1. The van der Waals surface area contributed by atoms with Gasteiger partial charge in [-0.3, -0.25) is 4.79 Å². The van der Waals surface area contributed by atoms with Crippen molar-refractivity contribution in [3.63, 3.8) is 0 Å². The van der Waals surface area contributed by atoms with E-state index in [1.54, 1.807) is 0 Å². The first-order chi connectivity index (χ1) is 7.97. The molecule has 0 spiro atoms. The predicted octanol–water partition coefficient (Wildman–Crippen LogP) is -0.450. The number of likely N-dealkylation sites (tertiary alicyclic amines) is 1. The number of aliphatic hydroxyl groups is 1. The van der Waals surface area contributed by atoms with Crippen LogP contribution in [0.5, 0.6) is 0 Å². The van der Waals surface area contributed by atoms with Crippen molar-refractivity contribution in [2.75, 3.05) is 6.54 Å². The molecule has 17 heavy (non-hydrogen) atoms. The van der Waals surface area contributed by atoms with Crippen molar-refractivity contribution in [2.24, 2.45) is 5.73 Å². The number of nitrogens with two attached hydrogens (primary N) is 1. The Morgan fingerprint density at radius 2 is 2.18 bits per heavy atom. The number of aliphatic hydroxyl groups excluding tert-OH is 1. The molecule has 0 saturated carbocycles. The first kappa shape index (κ1) is 13.9. The van der Waals surface area contributed by atoms with Gasteiger partial charge in [0, 0.05) is 13.0 Å². The van der Waals surface area contributed by atoms with E-state index in [4.69, 9.17) is 10.8 Å². The zero-order valence-corrected chi connectivity index (χ0v) is 10.0. The molecule has 98 valence electrons. The van der Waals surface area contributed by atoms with Gasteiger partial charge in [-0.1, -0.05) is 19.8 Å². The third-order valence-corrected chi connectivity index (χ3v) is 3.03. The number of carboxylic acids is 1. The number of nitrogens with zero attached hydrogens (tertiary/aromatic N) is 1. The van der Waals surface area contributed by atoms with Crippen molar-refractivity contribution >= 4 is 11.9 Å². The number of carbonyl (C=O) groups excluding carboxylic acids is 1. The molecule has 0 aromatic heterocycles. The third-order valence-electron chi connectivity index (χ3n) is 3.03. The highest BCUT2D eigenvalue weighted by Crippen LogP contribution is 2.19. The number of carboxylic acid groups (broad SMARTS) is 1. The second-order valence-electron chi connectivity index (χ2n) is 4.48. The second kappa shape index (κ2) is 5.97. The lowest BCUT2D eigenvalue weighted by molar-refractivity contribution is -0.148. The van der Waals surface area contributed by atoms with E-state index in [1.165, 1.54) is 4.90 Å². The molecule has 4 N–H and O–H groups in total. The lowest BCUT2D eigenvalue weighted by Gasteiger charge is -2.24. The summed E-state index contributed by atoms with van der Waals surface area (Å²) in [6.45, 7) is 2.06. The molecule has 0 aliphatic carbocycles. The normalized spacial score (nSPS) is 25.9. The number of amides is 1. The van der Waals surface area contributed by atoms with Gasteiger partial charge in [0.2, 0.25) is 5.91 Å². The van der Waals surface area contributed by atoms with Crippen LogP contribution in [0.3, 0.4) is 0 Å². The van der Waals surface area contributed by atoms with E-state index in [9.17, 15) is 14.7 Å². The summed E-state index contributed by atoms with van der Waals surface area (Å²) in [5.74, 6) is -1.46. The molecule has 0 radical (unpaired) electrons. The number of aliphatic carboxylic acids is 1. The number of β-amino-alcohol motifs (C(OH)–C–C–N with tert-alkyl or cyclic N) is 1. The molecule has 0 aromatic rings. The molecule has 6 nitrogen and oxygen atoms in total. The van der Waals surface area contributed by atoms with Crippen LogP contribution in [0, 0.1) is 0 Å². The SMILES string of the molecule is CCCCC(N)C(=O)N1C[C@@H](O)C[C@H]1C(=O)O. The maximum atomic E-state index is 11.9. The van der Waals surface area contributed by atoms with E-state index in [-0.39, 0.29) is 18.9 Å². The van der Waals surface area contributed by atoms with Crippen LogP contribution in [0.1, 0.15) is 32.6 Å². The summed E-state index contributed by atoms with van der Waals surface area (Å²) in [6, 6.07) is -1.60. The summed E-state index contributed by atoms with van der Waals surface area (Å²) in [4.78, 5) is 24.1. The van der Waals surface area contributed by atoms with E-state index in [0.717, 1.165) is 12.8 Å². The van der Waals surface area contributed by atoms with Gasteiger partial charge < -0.3 is 20.8 Å². The average Bonchev–Trinajstić information content (AvgIpc) is 2.67. The van der Waals surface area contributed by atoms with Gasteiger partial charge in [0.05, 0.1) is 12.1 Å². The predicted molar refractivity (Wildman–Crippen MR) is 61.3 cm³/mol. The van der Waals surface area contributed by atoms with Crippen LogP contribution in [0.2, 0.25) is 0 Å². The van der Waals surface area contributed by atoms with Crippen LogP contribution in [0.25, 0.3) is 0 Å². The molecule has 1 saturated heterocycles. The van der Waals surface area contributed by atoms with Crippen molar-refractivity contribution in [2.45, 2.75) is 50.8 Å². The van der Waals surface area contributed by atoms with Gasteiger partial charge in [0.15, 0.2) is 0 Å². The van der Waals surface area contributed by atoms with Gasteiger partial charge in [0.1, 0.15) is 6.04 Å². The van der Waals surface area contributed by atoms with Crippen molar-refractivity contribution in [3.05, 3.63) is 0 Å². The van der Waals surface area contributed by atoms with Gasteiger partial charge in [0.25, 0.3) is 0 Å². The fraction of sp³-hybridized carbons (Fsp3) is 0.818. The Morgan fingerprint density at radius 3 is 2.71 bits per heavy atom. The van der Waals surface area contributed by atoms with Crippen LogP contribution in [-0.2, 0) is 9.59 Å². The molecule has 1 aliphatic heterocycles. The molecule has 3 atom stereocenters. The van der Waals surface area contributed by atoms with Gasteiger partial charge in [-0.2, -0.15) is 0 Å². The second-order valence-corrected chi connectivity index (χ2v) is 4.48. The Hall–Kier alpha value is -1.14. The summed E-state index contributed by atoms with van der Waals surface area (Å²) >= 11 is 0. The Morgan fingerprint density at radius 1 is 1.53 bits per heavy atom. The van der Waals surface area contributed by atoms with E-state index < -0.39 is 24.2 Å². The largest absolute Gasteiger partial charge is 0.480 e. The van der Waals surface area contributed by atoms with Gasteiger partial charge in [-0.05, 0) is 6.42 Å². The monoisotopic (exact) mass is 244 g/mol. The zero-order valence-electron chi connectivity index (χ0n) is 10.0. The molecule has 1 fully saturated rings. The van der Waals surface area contributed by atoms with Crippen molar-refractivity contribution < 1.29 is 19.8 Å². The van der Waals surface area contributed by atoms with E-state index in [2.05, 4.69) is 0 Å². The first-order valence-corrected chi connectivity index (χ1v) is 5.94. The zero-order chi connectivity index (χ0) is 13.0. The topological polar surface area (TPSA) is 104 Å². The van der Waals surface area contributed by atoms with Gasteiger partial charge in [-0.25, -0.2) is 4.79 Å². The van der Waals surface area contributed by atoms with Gasteiger partial charge >= 0.3 is 5.97 Å². The summed E-state index contributed by atoms with van der Waals surface area (Å²) in [5.41, 5.74) is 5.73. The van der Waals surface area contributed by atoms with Crippen molar-refractivity contribution in [3.8, 4) is 0 Å². The molecule has 0 bridgehead atoms. The highest BCUT2D eigenvalue weighted by atomic mass is 16.4. The summed E-state index contributed by atoms with van der Waals surface area (Å²) < 4.78 is 0. The summed E-state index contributed by atoms with van der Waals surface area (Å²) in [7, 11) is 0. The number of carbonyl (C=O) groups is 2. The highest BCUT2D eigenvalue weighted by Gasteiger charge is 2.40. The minimum atomic E-state index is -1.09. The molecule has 6 heteroatoms. The van der Waals surface area contributed by atoms with Crippen LogP contribution in [-0.4, -0.2) is 51.7 Å². The molecule has 1 amide bonds. The first-order valence-electron chi connectivity index (χ1n) is 5.94. The van der Waals surface area contributed by atoms with Crippen LogP contribution >= 0.6 is 0 Å². The molecular formula is C11H20N2O4. The third kappa shape index (κ3) is 3.41. The fourth-order valence-electron chi connectivity index (χ4n) is 2.05. The fourth-order valence-corrected chi connectivity index (χ4v) is 2.05. The van der Waals surface area contributed by atoms with Gasteiger partial charge in [-0.15, -0.1) is 0 Å². The molecule has 1 heterocycles. The van der Waals surface area contributed by atoms with Crippen molar-refractivity contribution in [1.82, 2.24) is 4.90 Å². The molecule has 0 aromatic carbocycles. The minimum absolute atomic E-state index is 0.0651. The minimum Gasteiger partial charge on any atom is -0.480 e. The Balaban J connectivity index is 2.63. The Bertz CT molecular complexity index is 295. The number of rotatable bonds is 5. The summed E-state index contributed by atoms with van der Waals surface area (Å²) in [5, 5.41) is 18.4. The molecule has 1 unspecified atom stereocenters. The van der Waals surface area contributed by atoms with Crippen LogP contribution in [0.15, 0.2) is 0 Å². The maximum Gasteiger partial charge on any atom is 0.326 e. The summed E-state index contributed by atoms with van der Waals surface area (Å²) in [6.07, 6.45) is 1.64. The van der Waals surface area contributed by atoms with E-state index >= 15 is 0 Å². The molecular weight excluding hydrogens is 224 g/mol. The maximum absolute atomic E-state index is 11.9. The quantitative estimate of drug-likeness (QED) is 0.607. The van der Waals surface area contributed by atoms with E-state index in [0.29, 0.717) is 6.42 Å². The van der Waals surface area contributed by atoms with Crippen LogP contribution in [0.4, 0.5) is 0 Å². The molecule has 1 rings (SSSR count). The average molecular weight is 244 g/mol. The number of hydrogen-bond acceptors (Lipinski definition) is 4.